The minimum atomic E-state index is -6.18. The van der Waals surface area contributed by atoms with E-state index in [1.807, 2.05) is 0 Å². The molecule has 0 aliphatic carbocycles. The summed E-state index contributed by atoms with van der Waals surface area (Å²) in [5.41, 5.74) is 0. The lowest BCUT2D eigenvalue weighted by molar-refractivity contribution is -0.262. The Morgan fingerprint density at radius 3 is 1.45 bits per heavy atom. The standard InChI is InChI=1S/C11H22O32S8/c12-44(13)37-4(1-34-11-10(43-51(31,32)33)8(41-49(25,26)27)5(2-35-11)38-45(14)15)7(40-48(22,23)24)9(42-50(28,29)30)6(39-47(19,20)21)3-36-46(16,17)18/h4-11H,1-3H2,(H,12,13)(H,14,15)(H,16,17,18)(H,19,20,21)(H,22,23,24)(H,25,26,27)(H,28,29,30)(H,31,32,33)/p-2/t4-,5-,6-,7-,8-,9-,10+,11+/m1/s1. The van der Waals surface area contributed by atoms with Crippen LogP contribution in [0.4, 0.5) is 0 Å². The Labute approximate surface area is 291 Å². The van der Waals surface area contributed by atoms with Gasteiger partial charge in [0.25, 0.3) is 0 Å². The molecule has 6 N–H and O–H groups in total. The van der Waals surface area contributed by atoms with E-state index in [0.717, 1.165) is 0 Å². The fourth-order valence-corrected chi connectivity index (χ4v) is 7.00. The smallest absolute Gasteiger partial charge is 0.397 e. The summed E-state index contributed by atoms with van der Waals surface area (Å²) >= 11 is -7.69. The Hall–Kier alpha value is -0.720. The van der Waals surface area contributed by atoms with Gasteiger partial charge in [0.15, 0.2) is 12.4 Å². The van der Waals surface area contributed by atoms with E-state index in [1.54, 1.807) is 0 Å². The molecule has 0 aromatic heterocycles. The van der Waals surface area contributed by atoms with Crippen molar-refractivity contribution in [2.24, 2.45) is 0 Å². The molecule has 0 spiro atoms. The van der Waals surface area contributed by atoms with Gasteiger partial charge in [-0.05, 0) is 0 Å². The first-order chi connectivity index (χ1) is 22.6. The molecule has 40 heteroatoms. The molecule has 1 saturated heterocycles. The lowest BCUT2D eigenvalue weighted by Gasteiger charge is -2.40. The molecule has 10 atom stereocenters. The zero-order valence-electron chi connectivity index (χ0n) is 23.3. The van der Waals surface area contributed by atoms with Crippen LogP contribution in [0.15, 0.2) is 0 Å². The number of hydrogen-bond donors (Lipinski definition) is 6. The van der Waals surface area contributed by atoms with Gasteiger partial charge in [0.2, 0.25) is 0 Å². The van der Waals surface area contributed by atoms with E-state index < -0.39 is 154 Å². The summed E-state index contributed by atoms with van der Waals surface area (Å²) in [6.07, 6.45) is -24.0. The Morgan fingerprint density at radius 2 is 1.06 bits per heavy atom. The van der Waals surface area contributed by atoms with Crippen LogP contribution in [0.5, 0.6) is 0 Å². The van der Waals surface area contributed by atoms with Crippen LogP contribution >= 0.6 is 0 Å². The van der Waals surface area contributed by atoms with Crippen LogP contribution in [-0.4, -0.2) is 164 Å². The molecule has 0 aromatic rings. The summed E-state index contributed by atoms with van der Waals surface area (Å²) in [4.78, 5) is 0. The van der Waals surface area contributed by atoms with Crippen molar-refractivity contribution < 1.29 is 138 Å². The van der Waals surface area contributed by atoms with E-state index in [4.69, 9.17) is 27.7 Å². The van der Waals surface area contributed by atoms with Gasteiger partial charge >= 0.3 is 62.4 Å². The van der Waals surface area contributed by atoms with Crippen molar-refractivity contribution in [1.29, 1.82) is 0 Å². The van der Waals surface area contributed by atoms with E-state index in [1.165, 1.54) is 0 Å². The molecule has 0 saturated carbocycles. The van der Waals surface area contributed by atoms with Gasteiger partial charge in [0.05, 0.1) is 42.5 Å². The van der Waals surface area contributed by atoms with Gasteiger partial charge in [-0.3, -0.25) is 35.7 Å². The quantitative estimate of drug-likeness (QED) is 0.0410. The molecule has 1 fully saturated rings. The van der Waals surface area contributed by atoms with Crippen molar-refractivity contribution in [2.45, 2.75) is 49.0 Å². The molecule has 1 rings (SSSR count). The molecule has 1 heterocycles. The van der Waals surface area contributed by atoms with Gasteiger partial charge in [-0.1, -0.05) is 0 Å². The first-order valence-electron chi connectivity index (χ1n) is 11.3. The van der Waals surface area contributed by atoms with Crippen LogP contribution in [0, 0.1) is 0 Å². The normalized spacial score (nSPS) is 25.0. The van der Waals surface area contributed by atoms with Gasteiger partial charge in [0, 0.05) is 0 Å². The average Bonchev–Trinajstić information content (AvgIpc) is 2.85. The van der Waals surface area contributed by atoms with Crippen molar-refractivity contribution in [2.75, 3.05) is 19.8 Å². The lowest BCUT2D eigenvalue weighted by atomic mass is 10.0. The molecule has 0 bridgehead atoms. The molecular weight excluding hydrogens is 901 g/mol. The molecule has 306 valence electrons. The maximum Gasteiger partial charge on any atom is 0.397 e. The van der Waals surface area contributed by atoms with Gasteiger partial charge in [0.1, 0.15) is 36.6 Å². The molecule has 0 radical (unpaired) electrons. The summed E-state index contributed by atoms with van der Waals surface area (Å²) in [5, 5.41) is 0. The van der Waals surface area contributed by atoms with Crippen LogP contribution in [0.25, 0.3) is 0 Å². The number of rotatable bonds is 23. The summed E-state index contributed by atoms with van der Waals surface area (Å²) in [6, 6.07) is 0. The summed E-state index contributed by atoms with van der Waals surface area (Å²) in [7, 11) is -35.8. The van der Waals surface area contributed by atoms with Crippen molar-refractivity contribution in [3.63, 3.8) is 0 Å². The molecule has 0 aromatic carbocycles. The second-order valence-corrected chi connectivity index (χ2v) is 16.0. The molecule has 0 amide bonds. The third kappa shape index (κ3) is 21.1. The molecule has 1 aliphatic rings. The van der Waals surface area contributed by atoms with E-state index in [0.29, 0.717) is 0 Å². The predicted molar refractivity (Wildman–Crippen MR) is 143 cm³/mol. The minimum absolute atomic E-state index is 1.31. The van der Waals surface area contributed by atoms with Crippen molar-refractivity contribution in [3.8, 4) is 0 Å². The van der Waals surface area contributed by atoms with E-state index in [-0.39, 0.29) is 0 Å². The first kappa shape index (κ1) is 48.3. The highest BCUT2D eigenvalue weighted by Crippen LogP contribution is 2.29. The molecule has 51 heavy (non-hydrogen) atoms. The number of ether oxygens (including phenoxy) is 2. The van der Waals surface area contributed by atoms with Gasteiger partial charge in [-0.15, -0.1) is 0 Å². The van der Waals surface area contributed by atoms with E-state index in [2.05, 4.69) is 33.5 Å². The second-order valence-electron chi connectivity index (χ2n) is 8.44. The Morgan fingerprint density at radius 1 is 0.608 bits per heavy atom. The predicted octanol–water partition coefficient (Wildman–Crippen LogP) is -6.52. The molecule has 1 aliphatic heterocycles. The zero-order valence-corrected chi connectivity index (χ0v) is 29.8. The Bertz CT molecular complexity index is 1880. The van der Waals surface area contributed by atoms with Gasteiger partial charge in [-0.25, -0.2) is 33.5 Å². The van der Waals surface area contributed by atoms with Crippen LogP contribution < -0.4 is 0 Å². The Kier molecular flexibility index (Phi) is 17.8. The molecular formula is C11H20O32S8-2. The van der Waals surface area contributed by atoms with E-state index >= 15 is 0 Å². The summed E-state index contributed by atoms with van der Waals surface area (Å²) in [5.74, 6) is 0. The SMILES string of the molecule is O=S([O-])O[C@@H]1CO[C@H](OC[C@@H](OS(=O)[O-])[C@@H](OS(=O)(=O)O)[C@H](OS(=O)(=O)O)[C@@H](COS(=O)(=O)O)OS(=O)(=O)O)[C@@H](OS(=O)(=O)O)[C@@H]1OS(=O)(=O)O. The fourth-order valence-electron chi connectivity index (χ4n) is 3.46. The van der Waals surface area contributed by atoms with Crippen molar-refractivity contribution in [1.82, 2.24) is 0 Å². The third-order valence-corrected chi connectivity index (χ3v) is 8.42. The lowest BCUT2D eigenvalue weighted by Crippen LogP contribution is -2.59. The average molecular weight is 921 g/mol. The van der Waals surface area contributed by atoms with Crippen LogP contribution in [0.2, 0.25) is 0 Å². The minimum Gasteiger partial charge on any atom is -0.750 e. The van der Waals surface area contributed by atoms with Crippen LogP contribution in [0.3, 0.4) is 0 Å². The zero-order chi connectivity index (χ0) is 40.0. The monoisotopic (exact) mass is 920 g/mol. The largest absolute Gasteiger partial charge is 0.750 e. The number of hydrogen-bond acceptors (Lipinski definition) is 26. The van der Waals surface area contributed by atoms with Crippen molar-refractivity contribution in [3.05, 3.63) is 0 Å². The van der Waals surface area contributed by atoms with E-state index in [9.17, 15) is 77.1 Å². The third-order valence-electron chi connectivity index (χ3n) is 4.83. The topological polar surface area (TPSA) is 499 Å². The summed E-state index contributed by atoms with van der Waals surface area (Å²) < 4.78 is 279. The Balaban J connectivity index is 3.89. The molecule has 2 unspecified atom stereocenters. The summed E-state index contributed by atoms with van der Waals surface area (Å²) in [6.45, 7) is -5.34. The highest BCUT2D eigenvalue weighted by atomic mass is 32.3. The van der Waals surface area contributed by atoms with Gasteiger partial charge in [-0.2, -0.15) is 50.5 Å². The van der Waals surface area contributed by atoms with Crippen molar-refractivity contribution >= 4 is 85.1 Å². The fraction of sp³-hybridized carbons (Fsp3) is 1.00. The maximum absolute atomic E-state index is 11.7. The second kappa shape index (κ2) is 18.7. The highest BCUT2D eigenvalue weighted by molar-refractivity contribution is 7.82. The maximum atomic E-state index is 11.7. The van der Waals surface area contributed by atoms with Crippen LogP contribution in [-0.2, 0) is 128 Å². The molecule has 32 nitrogen and oxygen atoms in total. The highest BCUT2D eigenvalue weighted by Gasteiger charge is 2.50. The first-order valence-corrected chi connectivity index (χ1v) is 21.5. The van der Waals surface area contributed by atoms with Crippen LogP contribution in [0.1, 0.15) is 0 Å². The van der Waals surface area contributed by atoms with Gasteiger partial charge < -0.3 is 18.6 Å².